The Hall–Kier alpha value is -3.23. The van der Waals surface area contributed by atoms with E-state index in [0.717, 1.165) is 4.90 Å². The number of anilines is 1. The Morgan fingerprint density at radius 2 is 1.89 bits per heavy atom. The molecule has 1 fully saturated rings. The standard InChI is InChI=1S/C19H15ClN4O4/c20-12-6-8-13(9-7-12)23-17(25)10-15(18(23)26)21-11-16-19(27)28-22-24(16)14-4-2-1-3-5-14/h1-9,15,21H,10-11H2. The van der Waals surface area contributed by atoms with Crippen LogP contribution in [0.5, 0.6) is 5.95 Å². The van der Waals surface area contributed by atoms with E-state index in [-0.39, 0.29) is 30.5 Å². The van der Waals surface area contributed by atoms with Gasteiger partial charge in [-0.25, -0.2) is 4.90 Å². The molecule has 1 aromatic heterocycles. The average Bonchev–Trinajstić information content (AvgIpc) is 3.20. The van der Waals surface area contributed by atoms with Crippen LogP contribution in [0.4, 0.5) is 5.69 Å². The number of benzene rings is 2. The van der Waals surface area contributed by atoms with Gasteiger partial charge in [0.2, 0.25) is 11.6 Å². The Labute approximate surface area is 164 Å². The highest BCUT2D eigenvalue weighted by atomic mass is 35.5. The summed E-state index contributed by atoms with van der Waals surface area (Å²) in [6.07, 6.45) is -0.00767. The minimum Gasteiger partial charge on any atom is -0.539 e. The lowest BCUT2D eigenvalue weighted by Crippen LogP contribution is -2.43. The van der Waals surface area contributed by atoms with Crippen LogP contribution >= 0.6 is 11.6 Å². The minimum atomic E-state index is -0.748. The first-order chi connectivity index (χ1) is 13.5. The van der Waals surface area contributed by atoms with Crippen LogP contribution in [0.15, 0.2) is 59.1 Å². The Bertz CT molecular complexity index is 1020. The smallest absolute Gasteiger partial charge is 0.253 e. The van der Waals surface area contributed by atoms with Crippen LogP contribution < -0.4 is 20.0 Å². The quantitative estimate of drug-likeness (QED) is 0.510. The van der Waals surface area contributed by atoms with E-state index >= 15 is 0 Å². The fourth-order valence-corrected chi connectivity index (χ4v) is 3.18. The third kappa shape index (κ3) is 3.35. The molecular formula is C19H15ClN4O4. The maximum absolute atomic E-state index is 12.7. The molecule has 0 spiro atoms. The van der Waals surface area contributed by atoms with Gasteiger partial charge in [-0.1, -0.05) is 29.8 Å². The maximum atomic E-state index is 12.7. The normalized spacial score (nSPS) is 16.8. The lowest BCUT2D eigenvalue weighted by atomic mass is 10.2. The van der Waals surface area contributed by atoms with Crippen molar-refractivity contribution in [1.29, 1.82) is 0 Å². The summed E-state index contributed by atoms with van der Waals surface area (Å²) >= 11 is 5.86. The third-order valence-electron chi connectivity index (χ3n) is 4.44. The van der Waals surface area contributed by atoms with Gasteiger partial charge >= 0.3 is 0 Å². The first-order valence-electron chi connectivity index (χ1n) is 8.53. The molecule has 1 aliphatic heterocycles. The van der Waals surface area contributed by atoms with Crippen molar-refractivity contribution < 1.29 is 23.9 Å². The van der Waals surface area contributed by atoms with Gasteiger partial charge in [0.25, 0.3) is 11.6 Å². The van der Waals surface area contributed by atoms with Crippen molar-refractivity contribution in [3.8, 4) is 11.6 Å². The molecule has 2 heterocycles. The highest BCUT2D eigenvalue weighted by Gasteiger charge is 2.39. The second-order valence-corrected chi connectivity index (χ2v) is 6.67. The van der Waals surface area contributed by atoms with Gasteiger partial charge in [-0.3, -0.25) is 14.9 Å². The van der Waals surface area contributed by atoms with Gasteiger partial charge in [0, 0.05) is 17.2 Å². The SMILES string of the molecule is O=C1CC(NCc2c([O-])on[n+]2-c2ccccc2)C(=O)N1c1ccc(Cl)cc1. The average molecular weight is 399 g/mol. The molecule has 0 saturated carbocycles. The molecule has 1 saturated heterocycles. The van der Waals surface area contributed by atoms with E-state index in [1.165, 1.54) is 4.68 Å². The van der Waals surface area contributed by atoms with E-state index in [1.807, 2.05) is 18.2 Å². The van der Waals surface area contributed by atoms with Crippen LogP contribution in [-0.4, -0.2) is 23.1 Å². The molecule has 0 bridgehead atoms. The highest BCUT2D eigenvalue weighted by Crippen LogP contribution is 2.24. The number of amides is 2. The number of aromatic nitrogens is 2. The van der Waals surface area contributed by atoms with Crippen LogP contribution in [0.25, 0.3) is 5.69 Å². The Morgan fingerprint density at radius 1 is 1.18 bits per heavy atom. The van der Waals surface area contributed by atoms with E-state index in [1.54, 1.807) is 36.4 Å². The summed E-state index contributed by atoms with van der Waals surface area (Å²) in [6, 6.07) is 14.7. The highest BCUT2D eigenvalue weighted by molar-refractivity contribution is 6.30. The van der Waals surface area contributed by atoms with E-state index in [9.17, 15) is 14.7 Å². The Balaban J connectivity index is 1.51. The number of hydrogen-bond donors (Lipinski definition) is 1. The molecule has 8 nitrogen and oxygen atoms in total. The second-order valence-electron chi connectivity index (χ2n) is 6.24. The number of nitrogens with zero attached hydrogens (tertiary/aromatic N) is 3. The fraction of sp³-hybridized carbons (Fsp3) is 0.158. The van der Waals surface area contributed by atoms with Gasteiger partial charge in [-0.2, -0.15) is 0 Å². The number of carbonyl (C=O) groups excluding carboxylic acids is 2. The Morgan fingerprint density at radius 3 is 2.61 bits per heavy atom. The fourth-order valence-electron chi connectivity index (χ4n) is 3.06. The Kier molecular flexibility index (Phi) is 4.81. The lowest BCUT2D eigenvalue weighted by molar-refractivity contribution is -0.677. The van der Waals surface area contributed by atoms with Gasteiger partial charge in [0.15, 0.2) is 5.95 Å². The molecule has 28 heavy (non-hydrogen) atoms. The van der Waals surface area contributed by atoms with Crippen molar-refractivity contribution in [3.63, 3.8) is 0 Å². The van der Waals surface area contributed by atoms with Crippen LogP contribution in [0, 0.1) is 0 Å². The molecule has 1 unspecified atom stereocenters. The summed E-state index contributed by atoms with van der Waals surface area (Å²) in [5.74, 6) is -1.32. The lowest BCUT2D eigenvalue weighted by Gasteiger charge is -2.15. The van der Waals surface area contributed by atoms with Crippen molar-refractivity contribution in [2.45, 2.75) is 19.0 Å². The molecule has 1 aliphatic rings. The van der Waals surface area contributed by atoms with Crippen molar-refractivity contribution in [1.82, 2.24) is 10.6 Å². The van der Waals surface area contributed by atoms with Crippen molar-refractivity contribution in [2.75, 3.05) is 4.90 Å². The van der Waals surface area contributed by atoms with Gasteiger partial charge in [-0.15, -0.1) is 0 Å². The topological polar surface area (TPSA) is 102 Å². The zero-order valence-corrected chi connectivity index (χ0v) is 15.3. The molecule has 0 radical (unpaired) electrons. The molecule has 9 heteroatoms. The number of carbonyl (C=O) groups is 2. The summed E-state index contributed by atoms with van der Waals surface area (Å²) in [5, 5.41) is 19.2. The van der Waals surface area contributed by atoms with Gasteiger partial charge < -0.3 is 9.63 Å². The third-order valence-corrected chi connectivity index (χ3v) is 4.70. The van der Waals surface area contributed by atoms with Crippen LogP contribution in [0.2, 0.25) is 5.02 Å². The van der Waals surface area contributed by atoms with Crippen molar-refractivity contribution >= 4 is 29.1 Å². The summed E-state index contributed by atoms with van der Waals surface area (Å²) in [7, 11) is 0. The summed E-state index contributed by atoms with van der Waals surface area (Å²) in [4.78, 5) is 26.1. The van der Waals surface area contributed by atoms with Gasteiger partial charge in [-0.05, 0) is 28.9 Å². The first-order valence-corrected chi connectivity index (χ1v) is 8.91. The zero-order chi connectivity index (χ0) is 19.7. The molecule has 4 rings (SSSR count). The van der Waals surface area contributed by atoms with E-state index < -0.39 is 12.0 Å². The number of para-hydroxylation sites is 1. The molecule has 142 valence electrons. The van der Waals surface area contributed by atoms with Crippen molar-refractivity contribution in [2.24, 2.45) is 0 Å². The largest absolute Gasteiger partial charge is 0.539 e. The van der Waals surface area contributed by atoms with Crippen LogP contribution in [0.1, 0.15) is 12.1 Å². The van der Waals surface area contributed by atoms with E-state index in [2.05, 4.69) is 10.6 Å². The second kappa shape index (κ2) is 7.41. The molecule has 2 aromatic carbocycles. The minimum absolute atomic E-state index is 0.00767. The predicted molar refractivity (Wildman–Crippen MR) is 96.7 cm³/mol. The number of halogens is 1. The van der Waals surface area contributed by atoms with Crippen LogP contribution in [-0.2, 0) is 16.1 Å². The molecule has 2 amide bonds. The first kappa shape index (κ1) is 18.1. The predicted octanol–water partition coefficient (Wildman–Crippen LogP) is 1.10. The number of nitrogens with one attached hydrogen (secondary N) is 1. The van der Waals surface area contributed by atoms with Gasteiger partial charge in [0.05, 0.1) is 30.0 Å². The number of hydrogen-bond acceptors (Lipinski definition) is 6. The summed E-state index contributed by atoms with van der Waals surface area (Å²) in [5.41, 5.74) is 1.34. The van der Waals surface area contributed by atoms with Gasteiger partial charge in [0.1, 0.15) is 0 Å². The maximum Gasteiger partial charge on any atom is 0.253 e. The van der Waals surface area contributed by atoms with Crippen molar-refractivity contribution in [3.05, 3.63) is 65.3 Å². The van der Waals surface area contributed by atoms with E-state index in [0.29, 0.717) is 16.4 Å². The monoisotopic (exact) mass is 398 g/mol. The molecule has 1 atom stereocenters. The number of imide groups is 1. The molecular weight excluding hydrogens is 384 g/mol. The zero-order valence-electron chi connectivity index (χ0n) is 14.5. The molecule has 1 N–H and O–H groups in total. The summed E-state index contributed by atoms with van der Waals surface area (Å²) < 4.78 is 6.13. The summed E-state index contributed by atoms with van der Waals surface area (Å²) in [6.45, 7) is 0.0232. The van der Waals surface area contributed by atoms with Crippen LogP contribution in [0.3, 0.4) is 0 Å². The molecule has 3 aromatic rings. The molecule has 0 aliphatic carbocycles. The number of rotatable bonds is 5. The van der Waals surface area contributed by atoms with E-state index in [4.69, 9.17) is 16.1 Å².